The zero-order valence-corrected chi connectivity index (χ0v) is 11.6. The third kappa shape index (κ3) is 3.69. The normalized spacial score (nSPS) is 26.4. The van der Waals surface area contributed by atoms with Gasteiger partial charge in [0.15, 0.2) is 0 Å². The number of carbonyl (C=O) groups excluding carboxylic acids is 1. The van der Waals surface area contributed by atoms with Gasteiger partial charge in [-0.1, -0.05) is 0 Å². The van der Waals surface area contributed by atoms with E-state index >= 15 is 0 Å². The molecule has 1 amide bonds. The van der Waals surface area contributed by atoms with Crippen LogP contribution in [0.25, 0.3) is 0 Å². The number of likely N-dealkylation sites (tertiary alicyclic amines) is 1. The van der Waals surface area contributed by atoms with Gasteiger partial charge in [-0.25, -0.2) is 0 Å². The van der Waals surface area contributed by atoms with Gasteiger partial charge in [0.25, 0.3) is 0 Å². The van der Waals surface area contributed by atoms with Gasteiger partial charge >= 0.3 is 0 Å². The van der Waals surface area contributed by atoms with Crippen molar-refractivity contribution >= 4 is 5.91 Å². The molecule has 2 saturated heterocycles. The molecule has 0 radical (unpaired) electrons. The monoisotopic (exact) mass is 253 g/mol. The molecule has 0 aliphatic carbocycles. The summed E-state index contributed by atoms with van der Waals surface area (Å²) in [5, 5.41) is 6.15. The molecular formula is C14H27N3O. The van der Waals surface area contributed by atoms with Crippen LogP contribution in [-0.4, -0.2) is 50.1 Å². The highest BCUT2D eigenvalue weighted by atomic mass is 16.1. The molecule has 2 N–H and O–H groups in total. The lowest BCUT2D eigenvalue weighted by atomic mass is 9.88. The van der Waals surface area contributed by atoms with Gasteiger partial charge in [-0.2, -0.15) is 0 Å². The fraction of sp³-hybridized carbons (Fsp3) is 0.929. The van der Waals surface area contributed by atoms with Gasteiger partial charge in [-0.3, -0.25) is 4.79 Å². The number of hydrogen-bond donors (Lipinski definition) is 2. The Hall–Kier alpha value is -0.610. The minimum absolute atomic E-state index is 0.174. The topological polar surface area (TPSA) is 44.4 Å². The van der Waals surface area contributed by atoms with E-state index in [1.54, 1.807) is 7.05 Å². The van der Waals surface area contributed by atoms with Gasteiger partial charge in [-0.05, 0) is 64.2 Å². The number of carbonyl (C=O) groups is 1. The van der Waals surface area contributed by atoms with Crippen molar-refractivity contribution in [3.8, 4) is 0 Å². The summed E-state index contributed by atoms with van der Waals surface area (Å²) in [6, 6.07) is 0.789. The van der Waals surface area contributed by atoms with Crippen LogP contribution < -0.4 is 10.6 Å². The fourth-order valence-electron chi connectivity index (χ4n) is 3.46. The van der Waals surface area contributed by atoms with E-state index in [9.17, 15) is 4.79 Å². The standard InChI is InChI=1S/C14H27N3O/c1-15-14(18)5-3-11-17-10-2-4-13(17)12-6-8-16-9-7-12/h12-13,16H,2-11H2,1H3,(H,15,18). The second kappa shape index (κ2) is 7.10. The molecule has 0 aromatic rings. The molecule has 1 unspecified atom stereocenters. The summed E-state index contributed by atoms with van der Waals surface area (Å²) in [7, 11) is 1.72. The van der Waals surface area contributed by atoms with Crippen molar-refractivity contribution in [1.82, 2.24) is 15.5 Å². The largest absolute Gasteiger partial charge is 0.359 e. The molecule has 0 spiro atoms. The summed E-state index contributed by atoms with van der Waals surface area (Å²) in [4.78, 5) is 13.9. The maximum Gasteiger partial charge on any atom is 0.219 e. The SMILES string of the molecule is CNC(=O)CCCN1CCCC1C1CCNCC1. The molecule has 104 valence electrons. The number of amides is 1. The Labute approximate surface area is 110 Å². The summed E-state index contributed by atoms with van der Waals surface area (Å²) in [5.41, 5.74) is 0. The van der Waals surface area contributed by atoms with Crippen LogP contribution in [0.5, 0.6) is 0 Å². The van der Waals surface area contributed by atoms with E-state index in [0.717, 1.165) is 24.9 Å². The number of rotatable bonds is 5. The predicted octanol–water partition coefficient (Wildman–Crippen LogP) is 0.977. The Bertz CT molecular complexity index is 264. The van der Waals surface area contributed by atoms with Crippen LogP contribution in [0.15, 0.2) is 0 Å². The minimum Gasteiger partial charge on any atom is -0.359 e. The molecule has 4 heteroatoms. The van der Waals surface area contributed by atoms with Crippen LogP contribution in [0.3, 0.4) is 0 Å². The number of nitrogens with one attached hydrogen (secondary N) is 2. The lowest BCUT2D eigenvalue weighted by Gasteiger charge is -2.34. The Kier molecular flexibility index (Phi) is 5.45. The molecule has 2 heterocycles. The molecule has 0 aromatic carbocycles. The Morgan fingerprint density at radius 3 is 2.83 bits per heavy atom. The average molecular weight is 253 g/mol. The third-order valence-electron chi connectivity index (χ3n) is 4.47. The van der Waals surface area contributed by atoms with Gasteiger partial charge in [0.05, 0.1) is 0 Å². The van der Waals surface area contributed by atoms with Crippen LogP contribution in [0.1, 0.15) is 38.5 Å². The van der Waals surface area contributed by atoms with Crippen LogP contribution in [0.4, 0.5) is 0 Å². The highest BCUT2D eigenvalue weighted by Gasteiger charge is 2.31. The molecule has 4 nitrogen and oxygen atoms in total. The first kappa shape index (κ1) is 13.8. The van der Waals surface area contributed by atoms with E-state index in [1.807, 2.05) is 0 Å². The Morgan fingerprint density at radius 1 is 1.33 bits per heavy atom. The number of nitrogens with zero attached hydrogens (tertiary/aromatic N) is 1. The Balaban J connectivity index is 1.74. The van der Waals surface area contributed by atoms with Crippen LogP contribution in [-0.2, 0) is 4.79 Å². The maximum absolute atomic E-state index is 11.2. The summed E-state index contributed by atoms with van der Waals surface area (Å²) < 4.78 is 0. The van der Waals surface area contributed by atoms with Gasteiger partial charge < -0.3 is 15.5 Å². The van der Waals surface area contributed by atoms with Gasteiger partial charge in [0.1, 0.15) is 0 Å². The molecule has 1 atom stereocenters. The van der Waals surface area contributed by atoms with E-state index < -0.39 is 0 Å². The lowest BCUT2D eigenvalue weighted by Crippen LogP contribution is -2.41. The molecule has 2 fully saturated rings. The van der Waals surface area contributed by atoms with Gasteiger partial charge in [0.2, 0.25) is 5.91 Å². The second-order valence-electron chi connectivity index (χ2n) is 5.61. The number of piperidine rings is 1. The minimum atomic E-state index is 0.174. The quantitative estimate of drug-likeness (QED) is 0.767. The first-order valence-electron chi connectivity index (χ1n) is 7.46. The smallest absolute Gasteiger partial charge is 0.219 e. The van der Waals surface area contributed by atoms with Crippen LogP contribution >= 0.6 is 0 Å². The molecule has 2 rings (SSSR count). The number of hydrogen-bond acceptors (Lipinski definition) is 3. The van der Waals surface area contributed by atoms with Crippen molar-refractivity contribution in [1.29, 1.82) is 0 Å². The Morgan fingerprint density at radius 2 is 2.11 bits per heavy atom. The summed E-state index contributed by atoms with van der Waals surface area (Å²) in [6.45, 7) is 4.71. The van der Waals surface area contributed by atoms with Gasteiger partial charge in [0, 0.05) is 19.5 Å². The van der Waals surface area contributed by atoms with Crippen molar-refractivity contribution in [2.45, 2.75) is 44.6 Å². The lowest BCUT2D eigenvalue weighted by molar-refractivity contribution is -0.120. The highest BCUT2D eigenvalue weighted by molar-refractivity contribution is 5.75. The molecule has 2 aliphatic heterocycles. The van der Waals surface area contributed by atoms with E-state index in [2.05, 4.69) is 15.5 Å². The zero-order valence-electron chi connectivity index (χ0n) is 11.6. The van der Waals surface area contributed by atoms with E-state index in [1.165, 1.54) is 45.3 Å². The first-order chi connectivity index (χ1) is 8.81. The molecule has 2 aliphatic rings. The van der Waals surface area contributed by atoms with Crippen molar-refractivity contribution < 1.29 is 4.79 Å². The molecular weight excluding hydrogens is 226 g/mol. The summed E-state index contributed by atoms with van der Waals surface area (Å²) >= 11 is 0. The maximum atomic E-state index is 11.2. The first-order valence-corrected chi connectivity index (χ1v) is 7.46. The van der Waals surface area contributed by atoms with Crippen molar-refractivity contribution in [2.75, 3.05) is 33.2 Å². The van der Waals surface area contributed by atoms with E-state index in [4.69, 9.17) is 0 Å². The molecule has 0 bridgehead atoms. The van der Waals surface area contributed by atoms with Crippen LogP contribution in [0.2, 0.25) is 0 Å². The fourth-order valence-corrected chi connectivity index (χ4v) is 3.46. The van der Waals surface area contributed by atoms with Crippen molar-refractivity contribution in [3.05, 3.63) is 0 Å². The summed E-state index contributed by atoms with van der Waals surface area (Å²) in [6.07, 6.45) is 7.04. The second-order valence-corrected chi connectivity index (χ2v) is 5.61. The highest BCUT2D eigenvalue weighted by Crippen LogP contribution is 2.29. The zero-order chi connectivity index (χ0) is 12.8. The van der Waals surface area contributed by atoms with E-state index in [0.29, 0.717) is 6.42 Å². The van der Waals surface area contributed by atoms with E-state index in [-0.39, 0.29) is 5.91 Å². The molecule has 18 heavy (non-hydrogen) atoms. The van der Waals surface area contributed by atoms with Crippen molar-refractivity contribution in [2.24, 2.45) is 5.92 Å². The average Bonchev–Trinajstić information content (AvgIpc) is 2.88. The van der Waals surface area contributed by atoms with Gasteiger partial charge in [-0.15, -0.1) is 0 Å². The molecule has 0 aromatic heterocycles. The summed E-state index contributed by atoms with van der Waals surface area (Å²) in [5.74, 6) is 1.06. The predicted molar refractivity (Wildman–Crippen MR) is 73.5 cm³/mol. The van der Waals surface area contributed by atoms with Crippen LogP contribution in [0, 0.1) is 5.92 Å². The molecule has 0 saturated carbocycles. The van der Waals surface area contributed by atoms with Crippen molar-refractivity contribution in [3.63, 3.8) is 0 Å². The third-order valence-corrected chi connectivity index (χ3v) is 4.47.